The van der Waals surface area contributed by atoms with Gasteiger partial charge in [-0.25, -0.2) is 4.79 Å². The van der Waals surface area contributed by atoms with Crippen LogP contribution in [0.25, 0.3) is 0 Å². The Balaban J connectivity index is 2.22. The number of amides is 1. The molecule has 1 unspecified atom stereocenters. The van der Waals surface area contributed by atoms with Crippen molar-refractivity contribution in [2.45, 2.75) is 19.4 Å². The summed E-state index contributed by atoms with van der Waals surface area (Å²) >= 11 is 12.3. The largest absolute Gasteiger partial charge is 0.464 e. The average Bonchev–Trinajstić information content (AvgIpc) is 2.58. The van der Waals surface area contributed by atoms with E-state index < -0.39 is 12.0 Å². The molecule has 2 aromatic rings. The zero-order chi connectivity index (χ0) is 17.5. The molecule has 126 valence electrons. The van der Waals surface area contributed by atoms with Crippen LogP contribution >= 0.6 is 23.2 Å². The number of hydrogen-bond acceptors (Lipinski definition) is 3. The highest BCUT2D eigenvalue weighted by Crippen LogP contribution is 2.25. The maximum atomic E-state index is 12.3. The number of halogens is 2. The van der Waals surface area contributed by atoms with Crippen molar-refractivity contribution in [3.05, 3.63) is 69.7 Å². The highest BCUT2D eigenvalue weighted by molar-refractivity contribution is 6.36. The minimum Gasteiger partial charge on any atom is -0.464 e. The fourth-order valence-corrected chi connectivity index (χ4v) is 2.75. The predicted molar refractivity (Wildman–Crippen MR) is 94.5 cm³/mol. The van der Waals surface area contributed by atoms with Crippen molar-refractivity contribution in [2.75, 3.05) is 6.61 Å². The van der Waals surface area contributed by atoms with E-state index in [1.807, 2.05) is 6.07 Å². The summed E-state index contributed by atoms with van der Waals surface area (Å²) in [7, 11) is 0. The number of benzene rings is 2. The van der Waals surface area contributed by atoms with E-state index in [1.165, 1.54) is 0 Å². The van der Waals surface area contributed by atoms with Gasteiger partial charge in [0.2, 0.25) is 0 Å². The Hall–Kier alpha value is -2.04. The number of hydrogen-bond donors (Lipinski definition) is 1. The summed E-state index contributed by atoms with van der Waals surface area (Å²) in [5.74, 6) is -0.894. The maximum Gasteiger partial charge on any atom is 0.328 e. The summed E-state index contributed by atoms with van der Waals surface area (Å²) in [4.78, 5) is 24.6. The molecule has 2 aromatic carbocycles. The van der Waals surface area contributed by atoms with E-state index in [1.54, 1.807) is 49.4 Å². The van der Waals surface area contributed by atoms with Crippen molar-refractivity contribution in [1.82, 2.24) is 5.32 Å². The Morgan fingerprint density at radius 1 is 1.04 bits per heavy atom. The second kappa shape index (κ2) is 8.71. The minimum absolute atomic E-state index is 0.149. The fourth-order valence-electron chi connectivity index (χ4n) is 2.20. The molecular formula is C18H17Cl2NO3. The van der Waals surface area contributed by atoms with E-state index in [-0.39, 0.29) is 18.9 Å². The Kier molecular flexibility index (Phi) is 6.64. The third-order valence-corrected chi connectivity index (χ3v) is 4.09. The summed E-state index contributed by atoms with van der Waals surface area (Å²) < 4.78 is 5.05. The molecule has 0 aliphatic heterocycles. The summed E-state index contributed by atoms with van der Waals surface area (Å²) in [6, 6.07) is 12.8. The van der Waals surface area contributed by atoms with Gasteiger partial charge >= 0.3 is 5.97 Å². The van der Waals surface area contributed by atoms with Gasteiger partial charge in [-0.1, -0.05) is 47.5 Å². The van der Waals surface area contributed by atoms with Crippen LogP contribution in [0.5, 0.6) is 0 Å². The van der Waals surface area contributed by atoms with Crippen LogP contribution < -0.4 is 5.32 Å². The van der Waals surface area contributed by atoms with Gasteiger partial charge in [0, 0.05) is 22.0 Å². The topological polar surface area (TPSA) is 55.4 Å². The lowest BCUT2D eigenvalue weighted by atomic mass is 10.0. The molecule has 0 heterocycles. The van der Waals surface area contributed by atoms with Crippen LogP contribution in [0.4, 0.5) is 0 Å². The molecule has 0 saturated carbocycles. The molecule has 0 fully saturated rings. The molecule has 0 bridgehead atoms. The number of ether oxygens (including phenoxy) is 1. The van der Waals surface area contributed by atoms with Gasteiger partial charge in [0.15, 0.2) is 0 Å². The van der Waals surface area contributed by atoms with Crippen LogP contribution in [0.3, 0.4) is 0 Å². The fraction of sp³-hybridized carbons (Fsp3) is 0.222. The van der Waals surface area contributed by atoms with Gasteiger partial charge < -0.3 is 10.1 Å². The molecule has 0 spiro atoms. The first kappa shape index (κ1) is 18.3. The summed E-state index contributed by atoms with van der Waals surface area (Å²) in [6.07, 6.45) is 0.149. The standard InChI is InChI=1S/C18H17Cl2NO3/c1-2-24-18(23)16(11-13-14(19)9-6-10-15(13)20)21-17(22)12-7-4-3-5-8-12/h3-10,16H,2,11H2,1H3,(H,21,22). The molecular weight excluding hydrogens is 349 g/mol. The smallest absolute Gasteiger partial charge is 0.328 e. The molecule has 0 aliphatic rings. The van der Waals surface area contributed by atoms with E-state index in [0.717, 1.165) is 0 Å². The molecule has 1 atom stereocenters. The number of nitrogens with one attached hydrogen (secondary N) is 1. The first-order valence-corrected chi connectivity index (χ1v) is 8.24. The zero-order valence-electron chi connectivity index (χ0n) is 13.1. The van der Waals surface area contributed by atoms with Gasteiger partial charge in [0.05, 0.1) is 6.61 Å². The van der Waals surface area contributed by atoms with Crippen molar-refractivity contribution in [2.24, 2.45) is 0 Å². The molecule has 1 N–H and O–H groups in total. The second-order valence-electron chi connectivity index (χ2n) is 5.05. The Labute approximate surface area is 150 Å². The van der Waals surface area contributed by atoms with Gasteiger partial charge in [0.1, 0.15) is 6.04 Å². The van der Waals surface area contributed by atoms with Gasteiger partial charge in [-0.15, -0.1) is 0 Å². The summed E-state index contributed by atoms with van der Waals surface area (Å²) in [5, 5.41) is 3.56. The number of carbonyl (C=O) groups is 2. The molecule has 1 amide bonds. The molecule has 4 nitrogen and oxygen atoms in total. The third kappa shape index (κ3) is 4.73. The van der Waals surface area contributed by atoms with E-state index in [4.69, 9.17) is 27.9 Å². The molecule has 0 radical (unpaired) electrons. The van der Waals surface area contributed by atoms with Gasteiger partial charge in [-0.2, -0.15) is 0 Å². The lowest BCUT2D eigenvalue weighted by Crippen LogP contribution is -2.43. The quantitative estimate of drug-likeness (QED) is 0.789. The van der Waals surface area contributed by atoms with Crippen LogP contribution in [-0.4, -0.2) is 24.5 Å². The molecule has 0 saturated heterocycles. The Morgan fingerprint density at radius 2 is 1.67 bits per heavy atom. The first-order chi connectivity index (χ1) is 11.5. The Morgan fingerprint density at radius 3 is 2.25 bits per heavy atom. The zero-order valence-corrected chi connectivity index (χ0v) is 14.6. The van der Waals surface area contributed by atoms with Crippen LogP contribution in [-0.2, 0) is 16.0 Å². The summed E-state index contributed by atoms with van der Waals surface area (Å²) in [5.41, 5.74) is 1.05. The molecule has 2 rings (SSSR count). The number of rotatable bonds is 6. The van der Waals surface area contributed by atoms with Gasteiger partial charge in [-0.3, -0.25) is 4.79 Å². The van der Waals surface area contributed by atoms with Crippen molar-refractivity contribution in [1.29, 1.82) is 0 Å². The predicted octanol–water partition coefficient (Wildman–Crippen LogP) is 3.90. The summed E-state index contributed by atoms with van der Waals surface area (Å²) in [6.45, 7) is 1.92. The van der Waals surface area contributed by atoms with Crippen LogP contribution in [0.15, 0.2) is 48.5 Å². The lowest BCUT2D eigenvalue weighted by molar-refractivity contribution is -0.145. The first-order valence-electron chi connectivity index (χ1n) is 7.48. The molecule has 0 aromatic heterocycles. The minimum atomic E-state index is -0.880. The highest BCUT2D eigenvalue weighted by Gasteiger charge is 2.25. The second-order valence-corrected chi connectivity index (χ2v) is 5.86. The normalized spacial score (nSPS) is 11.6. The third-order valence-electron chi connectivity index (χ3n) is 3.38. The molecule has 6 heteroatoms. The lowest BCUT2D eigenvalue weighted by Gasteiger charge is -2.18. The monoisotopic (exact) mass is 365 g/mol. The molecule has 0 aliphatic carbocycles. The van der Waals surface area contributed by atoms with E-state index >= 15 is 0 Å². The van der Waals surface area contributed by atoms with Crippen molar-refractivity contribution >= 4 is 35.1 Å². The van der Waals surface area contributed by atoms with Gasteiger partial charge in [-0.05, 0) is 36.8 Å². The van der Waals surface area contributed by atoms with Crippen LogP contribution in [0.1, 0.15) is 22.8 Å². The average molecular weight is 366 g/mol. The molecule has 24 heavy (non-hydrogen) atoms. The maximum absolute atomic E-state index is 12.3. The van der Waals surface area contributed by atoms with Gasteiger partial charge in [0.25, 0.3) is 5.91 Å². The van der Waals surface area contributed by atoms with E-state index in [9.17, 15) is 9.59 Å². The van der Waals surface area contributed by atoms with Crippen molar-refractivity contribution < 1.29 is 14.3 Å². The SMILES string of the molecule is CCOC(=O)C(Cc1c(Cl)cccc1Cl)NC(=O)c1ccccc1. The Bertz CT molecular complexity index is 699. The number of esters is 1. The van der Waals surface area contributed by atoms with E-state index in [2.05, 4.69) is 5.32 Å². The van der Waals surface area contributed by atoms with Crippen molar-refractivity contribution in [3.63, 3.8) is 0 Å². The highest BCUT2D eigenvalue weighted by atomic mass is 35.5. The van der Waals surface area contributed by atoms with Crippen molar-refractivity contribution in [3.8, 4) is 0 Å². The van der Waals surface area contributed by atoms with E-state index in [0.29, 0.717) is 21.2 Å². The number of carbonyl (C=O) groups excluding carboxylic acids is 2. The van der Waals surface area contributed by atoms with Crippen LogP contribution in [0.2, 0.25) is 10.0 Å². The van der Waals surface area contributed by atoms with Crippen LogP contribution in [0, 0.1) is 0 Å².